The Bertz CT molecular complexity index is 8.04. The largest absolute Gasteiger partial charge is 0.169 e. The number of hydrogen-bond donors (Lipinski definition) is 2. The lowest BCUT2D eigenvalue weighted by Gasteiger charge is -1.49. The molecule has 0 aromatic carbocycles. The van der Waals surface area contributed by atoms with Gasteiger partial charge in [0, 0.05) is 5.08 Å². The van der Waals surface area contributed by atoms with Crippen LogP contribution in [-0.2, 0) is 0 Å². The summed E-state index contributed by atoms with van der Waals surface area (Å²) in [7, 11) is 0. The van der Waals surface area contributed by atoms with Crippen molar-refractivity contribution >= 4 is 25.3 Å². The van der Waals surface area contributed by atoms with Crippen LogP contribution in [0.1, 0.15) is 27.7 Å². The summed E-state index contributed by atoms with van der Waals surface area (Å²) in [5.74, 6) is 0. The summed E-state index contributed by atoms with van der Waals surface area (Å²) >= 11 is 7.31. The van der Waals surface area contributed by atoms with Crippen molar-refractivity contribution in [2.24, 2.45) is 0 Å². The maximum Gasteiger partial charge on any atom is 0.0331 e. The number of hydrogen-bond acceptors (Lipinski definition) is 2. The van der Waals surface area contributed by atoms with Crippen molar-refractivity contribution in [1.29, 1.82) is 0 Å². The predicted molar refractivity (Wildman–Crippen MR) is 45.5 cm³/mol. The average Bonchev–Trinajstić information content (AvgIpc) is 1.39. The fraction of sp³-hybridized carbons (Fsp3) is 1.00. The molecule has 7 heavy (non-hydrogen) atoms. The van der Waals surface area contributed by atoms with Crippen LogP contribution in [0.3, 0.4) is 0 Å². The van der Waals surface area contributed by atoms with Gasteiger partial charge in [-0.3, -0.25) is 0 Å². The molecule has 0 aromatic rings. The lowest BCUT2D eigenvalue weighted by atomic mass is 10.6. The van der Waals surface area contributed by atoms with E-state index in [1.54, 1.807) is 0 Å². The van der Waals surface area contributed by atoms with Crippen LogP contribution in [0.25, 0.3) is 0 Å². The fourth-order valence-electron chi connectivity index (χ4n) is 0. The van der Waals surface area contributed by atoms with Crippen molar-refractivity contribution in [1.82, 2.24) is 0 Å². The molecule has 0 unspecified atom stereocenters. The van der Waals surface area contributed by atoms with Crippen molar-refractivity contribution in [3.8, 4) is 0 Å². The van der Waals surface area contributed by atoms with Crippen LogP contribution in [-0.4, -0.2) is 5.08 Å². The van der Waals surface area contributed by atoms with Crippen molar-refractivity contribution in [2.75, 3.05) is 5.08 Å². The summed E-state index contributed by atoms with van der Waals surface area (Å²) < 4.78 is 0. The second-order valence-corrected chi connectivity index (χ2v) is 1.98. The predicted octanol–water partition coefficient (Wildman–Crippen LogP) is 2.86. The van der Waals surface area contributed by atoms with Crippen molar-refractivity contribution in [3.05, 3.63) is 0 Å². The third-order valence-electron chi connectivity index (χ3n) is 0. The second kappa shape index (κ2) is 29.9. The summed E-state index contributed by atoms with van der Waals surface area (Å²) in [6, 6.07) is 0. The van der Waals surface area contributed by atoms with Crippen LogP contribution in [0.2, 0.25) is 0 Å². The molecule has 0 bridgehead atoms. The molecule has 48 valence electrons. The van der Waals surface area contributed by atoms with Gasteiger partial charge in [-0.05, 0) is 0 Å². The topological polar surface area (TPSA) is 0 Å². The summed E-state index contributed by atoms with van der Waals surface area (Å²) in [5, 5.41) is 0.639. The first kappa shape index (κ1) is 15.6. The zero-order chi connectivity index (χ0) is 5.41. The summed E-state index contributed by atoms with van der Waals surface area (Å²) in [6.45, 7) is 4.25. The van der Waals surface area contributed by atoms with E-state index in [1.165, 1.54) is 6.42 Å². The molecule has 0 atom stereocenters. The first-order chi connectivity index (χ1) is 2.83. The lowest BCUT2D eigenvalue weighted by Crippen LogP contribution is -1.27. The molecule has 0 saturated heterocycles. The van der Waals surface area contributed by atoms with Crippen molar-refractivity contribution in [3.63, 3.8) is 0 Å². The third kappa shape index (κ3) is 302. The molecular formula is C5H16S2. The molecule has 0 rings (SSSR count). The molecule has 0 fully saturated rings. The Morgan fingerprint density at radius 3 is 1.14 bits per heavy atom. The Kier molecular flexibility index (Phi) is 66.7. The minimum Gasteiger partial charge on any atom is -0.169 e. The van der Waals surface area contributed by atoms with Crippen LogP contribution in [0.4, 0.5) is 0 Å². The van der Waals surface area contributed by atoms with Gasteiger partial charge in [-0.2, -0.15) is 25.3 Å². The van der Waals surface area contributed by atoms with Gasteiger partial charge in [0.1, 0.15) is 0 Å². The van der Waals surface area contributed by atoms with Gasteiger partial charge in [-0.15, -0.1) is 0 Å². The van der Waals surface area contributed by atoms with Crippen LogP contribution in [0.5, 0.6) is 0 Å². The van der Waals surface area contributed by atoms with Crippen LogP contribution >= 0.6 is 25.3 Å². The van der Waals surface area contributed by atoms with E-state index in [1.807, 2.05) is 0 Å². The molecule has 0 saturated carbocycles. The summed E-state index contributed by atoms with van der Waals surface area (Å²) in [4.78, 5) is 0. The minimum absolute atomic E-state index is 0. The van der Waals surface area contributed by atoms with Gasteiger partial charge in [0.15, 0.2) is 0 Å². The first-order valence-electron chi connectivity index (χ1n) is 2.05. The Morgan fingerprint density at radius 1 is 1.14 bits per heavy atom. The average molecular weight is 140 g/mol. The van der Waals surface area contributed by atoms with E-state index in [4.69, 9.17) is 0 Å². The zero-order valence-electron chi connectivity index (χ0n) is 4.31. The van der Waals surface area contributed by atoms with Gasteiger partial charge >= 0.3 is 0 Å². The van der Waals surface area contributed by atoms with E-state index >= 15 is 0 Å². The van der Waals surface area contributed by atoms with E-state index in [9.17, 15) is 0 Å². The van der Waals surface area contributed by atoms with E-state index in [2.05, 4.69) is 39.1 Å². The molecule has 0 aliphatic heterocycles. The van der Waals surface area contributed by atoms with Gasteiger partial charge in [0.2, 0.25) is 0 Å². The maximum absolute atomic E-state index is 3.65. The Labute approximate surface area is 58.5 Å². The molecule has 0 amide bonds. The molecule has 0 radical (unpaired) electrons. The van der Waals surface area contributed by atoms with E-state index < -0.39 is 0 Å². The molecule has 2 heteroatoms. The Hall–Kier alpha value is 0.700. The highest BCUT2D eigenvalue weighted by atomic mass is 32.2. The van der Waals surface area contributed by atoms with E-state index in [0.717, 1.165) is 0 Å². The molecule has 0 aromatic heterocycles. The molecule has 0 N–H and O–H groups in total. The monoisotopic (exact) mass is 140 g/mol. The SMILES string of the molecule is C.CCC.SCS. The third-order valence-corrected chi connectivity index (χ3v) is 0. The van der Waals surface area contributed by atoms with E-state index in [-0.39, 0.29) is 7.43 Å². The Balaban J connectivity index is -0.0000000400. The highest BCUT2D eigenvalue weighted by Gasteiger charge is 1.35. The van der Waals surface area contributed by atoms with Crippen molar-refractivity contribution in [2.45, 2.75) is 27.7 Å². The zero-order valence-corrected chi connectivity index (χ0v) is 6.10. The molecule has 0 nitrogen and oxygen atoms in total. The normalized spacial score (nSPS) is 5.14. The van der Waals surface area contributed by atoms with Crippen LogP contribution in [0.15, 0.2) is 0 Å². The van der Waals surface area contributed by atoms with Crippen LogP contribution in [0, 0.1) is 0 Å². The van der Waals surface area contributed by atoms with Gasteiger partial charge < -0.3 is 0 Å². The smallest absolute Gasteiger partial charge is 0.0331 e. The number of thiol groups is 2. The first-order valence-corrected chi connectivity index (χ1v) is 3.31. The highest BCUT2D eigenvalue weighted by molar-refractivity contribution is 7.97. The molecule has 0 spiro atoms. The molecule has 0 heterocycles. The second-order valence-electron chi connectivity index (χ2n) is 0.849. The minimum atomic E-state index is 0. The summed E-state index contributed by atoms with van der Waals surface area (Å²) in [6.07, 6.45) is 1.25. The molecule has 0 aliphatic carbocycles. The Morgan fingerprint density at radius 2 is 1.14 bits per heavy atom. The standard InChI is InChI=1S/C3H8.CH4S2.CH4/c1-3-2;2-1-3;/h3H2,1-2H3;2-3H,1H2;1H4. The maximum atomic E-state index is 3.65. The van der Waals surface area contributed by atoms with Gasteiger partial charge in [-0.1, -0.05) is 27.7 Å². The lowest BCUT2D eigenvalue weighted by molar-refractivity contribution is 1.09. The number of rotatable bonds is 0. The highest BCUT2D eigenvalue weighted by Crippen LogP contribution is 1.70. The van der Waals surface area contributed by atoms with Gasteiger partial charge in [0.25, 0.3) is 0 Å². The van der Waals surface area contributed by atoms with Gasteiger partial charge in [0.05, 0.1) is 0 Å². The van der Waals surface area contributed by atoms with Crippen LogP contribution < -0.4 is 0 Å². The van der Waals surface area contributed by atoms with E-state index in [0.29, 0.717) is 5.08 Å². The molecular weight excluding hydrogens is 124 g/mol. The van der Waals surface area contributed by atoms with Gasteiger partial charge in [-0.25, -0.2) is 0 Å². The van der Waals surface area contributed by atoms with Crippen molar-refractivity contribution < 1.29 is 0 Å². The quantitative estimate of drug-likeness (QED) is 0.375. The summed E-state index contributed by atoms with van der Waals surface area (Å²) in [5.41, 5.74) is 0. The fourth-order valence-corrected chi connectivity index (χ4v) is 0. The molecule has 0 aliphatic rings.